The van der Waals surface area contributed by atoms with Crippen molar-refractivity contribution in [2.45, 2.75) is 36.2 Å². The largest absolute Gasteiger partial charge is 0.549 e. The molecule has 0 bridgehead atoms. The number of carbonyl (C=O) groups is 2. The maximum Gasteiger partial charge on any atom is 0.0670 e. The second-order valence-electron chi connectivity index (χ2n) is 8.28. The van der Waals surface area contributed by atoms with Crippen molar-refractivity contribution in [2.24, 2.45) is 0 Å². The van der Waals surface area contributed by atoms with Crippen LogP contribution in [0.15, 0.2) is 60.9 Å². The normalized spacial score (nSPS) is 15.4. The van der Waals surface area contributed by atoms with Crippen LogP contribution in [0.25, 0.3) is 21.8 Å². The zero-order chi connectivity index (χ0) is 22.9. The number of rotatable bonds is 9. The number of aliphatic carboxylic acids is 2. The van der Waals surface area contributed by atoms with Crippen LogP contribution < -0.4 is 10.2 Å². The summed E-state index contributed by atoms with van der Waals surface area (Å²) in [5.74, 6) is -2.49. The number of aromatic nitrogens is 2. The molecule has 6 nitrogen and oxygen atoms in total. The minimum atomic E-state index is -1.34. The van der Waals surface area contributed by atoms with E-state index in [4.69, 9.17) is 0 Å². The third kappa shape index (κ3) is 4.25. The zero-order valence-corrected chi connectivity index (χ0v) is 19.3. The predicted molar refractivity (Wildman–Crippen MR) is 126 cm³/mol. The van der Waals surface area contributed by atoms with Crippen molar-refractivity contribution in [1.82, 2.24) is 9.97 Å². The summed E-state index contributed by atoms with van der Waals surface area (Å²) >= 11 is 0. The van der Waals surface area contributed by atoms with Gasteiger partial charge in [0.25, 0.3) is 0 Å². The fourth-order valence-corrected chi connectivity index (χ4v) is 6.54. The third-order valence-corrected chi connectivity index (χ3v) is 9.58. The number of carbonyl (C=O) groups excluding carboxylic acids is 2. The van der Waals surface area contributed by atoms with Crippen LogP contribution in [0.4, 0.5) is 0 Å². The number of benzene rings is 2. The van der Waals surface area contributed by atoms with Crippen LogP contribution in [-0.4, -0.2) is 31.4 Å². The summed E-state index contributed by atoms with van der Waals surface area (Å²) in [6, 6.07) is 15.3. The average Bonchev–Trinajstić information content (AvgIpc) is 3.37. The highest BCUT2D eigenvalue weighted by atomic mass is 33.1. The molecule has 0 fully saturated rings. The Morgan fingerprint density at radius 1 is 0.750 bits per heavy atom. The van der Waals surface area contributed by atoms with E-state index in [-0.39, 0.29) is 12.8 Å². The van der Waals surface area contributed by atoms with Gasteiger partial charge in [-0.3, -0.25) is 0 Å². The molecule has 0 spiro atoms. The molecular formula is C24H22N2O4S2-2. The Hall–Kier alpha value is -2.84. The molecule has 2 aromatic heterocycles. The number of para-hydroxylation sites is 2. The third-order valence-electron chi connectivity index (χ3n) is 5.68. The zero-order valence-electron chi connectivity index (χ0n) is 17.6. The lowest BCUT2D eigenvalue weighted by Gasteiger charge is -2.35. The molecule has 0 aliphatic carbocycles. The van der Waals surface area contributed by atoms with E-state index < -0.39 is 21.4 Å². The SMILES string of the molecule is CC(Cc1c[nH]c2ccccc12)(SSC(C)(Cc1c[nH]c2ccccc12)C(=O)[O-])C(=O)[O-]. The highest BCUT2D eigenvalue weighted by Crippen LogP contribution is 2.47. The summed E-state index contributed by atoms with van der Waals surface area (Å²) < 4.78 is -2.68. The summed E-state index contributed by atoms with van der Waals surface area (Å²) in [6.07, 6.45) is 3.96. The second-order valence-corrected chi connectivity index (χ2v) is 11.4. The van der Waals surface area contributed by atoms with Gasteiger partial charge in [0.15, 0.2) is 0 Å². The Morgan fingerprint density at radius 2 is 1.12 bits per heavy atom. The van der Waals surface area contributed by atoms with Crippen molar-refractivity contribution in [1.29, 1.82) is 0 Å². The standard InChI is InChI=1S/C24H24N2O4S2/c1-23(21(27)28,11-15-13-25-19-9-5-3-7-17(15)19)31-32-24(2,22(29)30)12-16-14-26-20-10-6-4-8-18(16)20/h3-10,13-14,25-26H,11-12H2,1-2H3,(H,27,28)(H,29,30)/p-2. The van der Waals surface area contributed by atoms with E-state index in [0.29, 0.717) is 0 Å². The Morgan fingerprint density at radius 3 is 1.50 bits per heavy atom. The van der Waals surface area contributed by atoms with Crippen LogP contribution >= 0.6 is 21.6 Å². The molecule has 2 N–H and O–H groups in total. The Labute approximate surface area is 193 Å². The van der Waals surface area contributed by atoms with Crippen LogP contribution in [0.5, 0.6) is 0 Å². The lowest BCUT2D eigenvalue weighted by molar-refractivity contribution is -0.310. The lowest BCUT2D eigenvalue weighted by atomic mass is 10.00. The number of carboxylic acid groups (broad SMARTS) is 2. The van der Waals surface area contributed by atoms with Gasteiger partial charge in [0, 0.05) is 34.2 Å². The van der Waals surface area contributed by atoms with E-state index in [0.717, 1.165) is 54.5 Å². The van der Waals surface area contributed by atoms with E-state index in [1.54, 1.807) is 26.2 Å². The van der Waals surface area contributed by atoms with E-state index >= 15 is 0 Å². The maximum atomic E-state index is 12.1. The highest BCUT2D eigenvalue weighted by molar-refractivity contribution is 8.78. The van der Waals surface area contributed by atoms with E-state index in [9.17, 15) is 19.8 Å². The second kappa shape index (κ2) is 8.60. The number of hydrogen-bond acceptors (Lipinski definition) is 6. The first-order valence-electron chi connectivity index (χ1n) is 10.1. The van der Waals surface area contributed by atoms with Crippen molar-refractivity contribution in [2.75, 3.05) is 0 Å². The van der Waals surface area contributed by atoms with Gasteiger partial charge >= 0.3 is 0 Å². The van der Waals surface area contributed by atoms with Crippen LogP contribution in [-0.2, 0) is 22.4 Å². The molecule has 0 amide bonds. The number of carboxylic acids is 2. The van der Waals surface area contributed by atoms with Crippen molar-refractivity contribution >= 4 is 55.3 Å². The molecule has 2 aromatic carbocycles. The first-order chi connectivity index (χ1) is 15.2. The van der Waals surface area contributed by atoms with Gasteiger partial charge in [-0.05, 0) is 49.9 Å². The monoisotopic (exact) mass is 466 g/mol. The first kappa shape index (κ1) is 22.4. The summed E-state index contributed by atoms with van der Waals surface area (Å²) in [5, 5.41) is 26.2. The molecule has 2 heterocycles. The molecule has 2 unspecified atom stereocenters. The molecule has 2 atom stereocenters. The van der Waals surface area contributed by atoms with Gasteiger partial charge in [0.2, 0.25) is 0 Å². The lowest BCUT2D eigenvalue weighted by Crippen LogP contribution is -2.47. The van der Waals surface area contributed by atoms with Crippen molar-refractivity contribution in [3.63, 3.8) is 0 Å². The van der Waals surface area contributed by atoms with Gasteiger partial charge < -0.3 is 29.8 Å². The van der Waals surface area contributed by atoms with Gasteiger partial charge in [-0.25, -0.2) is 0 Å². The molecule has 32 heavy (non-hydrogen) atoms. The van der Waals surface area contributed by atoms with Gasteiger partial charge in [0.05, 0.1) is 21.4 Å². The summed E-state index contributed by atoms with van der Waals surface area (Å²) in [6.45, 7) is 3.15. The average molecular weight is 467 g/mol. The molecule has 0 aliphatic rings. The topological polar surface area (TPSA) is 112 Å². The van der Waals surface area contributed by atoms with E-state index in [2.05, 4.69) is 9.97 Å². The van der Waals surface area contributed by atoms with Crippen molar-refractivity contribution in [3.8, 4) is 0 Å². The fraction of sp³-hybridized carbons (Fsp3) is 0.250. The minimum Gasteiger partial charge on any atom is -0.549 e. The number of hydrogen-bond donors (Lipinski definition) is 2. The Bertz CT molecular complexity index is 1200. The van der Waals surface area contributed by atoms with Gasteiger partial charge in [-0.15, -0.1) is 0 Å². The fourth-order valence-electron chi connectivity index (χ4n) is 3.74. The smallest absolute Gasteiger partial charge is 0.0670 e. The van der Waals surface area contributed by atoms with Crippen LogP contribution in [0.2, 0.25) is 0 Å². The quantitative estimate of drug-likeness (QED) is 0.367. The summed E-state index contributed by atoms with van der Waals surface area (Å²) in [5.41, 5.74) is 3.51. The molecule has 4 rings (SSSR count). The molecule has 0 radical (unpaired) electrons. The molecule has 0 saturated carbocycles. The van der Waals surface area contributed by atoms with E-state index in [1.165, 1.54) is 0 Å². The Kier molecular flexibility index (Phi) is 6.01. The number of fused-ring (bicyclic) bond motifs is 2. The molecule has 0 saturated heterocycles. The van der Waals surface area contributed by atoms with Crippen molar-refractivity contribution in [3.05, 3.63) is 72.1 Å². The predicted octanol–water partition coefficient (Wildman–Crippen LogP) is 2.83. The van der Waals surface area contributed by atoms with Crippen LogP contribution in [0, 0.1) is 0 Å². The highest BCUT2D eigenvalue weighted by Gasteiger charge is 2.36. The Balaban J connectivity index is 1.57. The van der Waals surface area contributed by atoms with Crippen LogP contribution in [0.1, 0.15) is 25.0 Å². The molecule has 166 valence electrons. The first-order valence-corrected chi connectivity index (χ1v) is 12.3. The summed E-state index contributed by atoms with van der Waals surface area (Å²) in [4.78, 5) is 30.6. The number of H-pyrrole nitrogens is 2. The van der Waals surface area contributed by atoms with Crippen molar-refractivity contribution < 1.29 is 19.8 Å². The maximum absolute atomic E-state index is 12.1. The molecule has 0 aliphatic heterocycles. The van der Waals surface area contributed by atoms with Gasteiger partial charge in [-0.2, -0.15) is 0 Å². The minimum absolute atomic E-state index is 0.188. The van der Waals surface area contributed by atoms with Gasteiger partial charge in [-0.1, -0.05) is 58.0 Å². The number of aromatic amines is 2. The molecule has 4 aromatic rings. The molecule has 8 heteroatoms. The van der Waals surface area contributed by atoms with E-state index in [1.807, 2.05) is 48.5 Å². The number of nitrogens with one attached hydrogen (secondary N) is 2. The van der Waals surface area contributed by atoms with Crippen LogP contribution in [0.3, 0.4) is 0 Å². The molecular weight excluding hydrogens is 444 g/mol. The van der Waals surface area contributed by atoms with Gasteiger partial charge in [0.1, 0.15) is 0 Å². The summed E-state index contributed by atoms with van der Waals surface area (Å²) in [7, 11) is 2.02.